The summed E-state index contributed by atoms with van der Waals surface area (Å²) in [5.41, 5.74) is 0. The molecule has 0 aromatic heterocycles. The first-order valence-corrected chi connectivity index (χ1v) is 2.35. The minimum atomic E-state index is -4.64. The van der Waals surface area contributed by atoms with Gasteiger partial charge in [-0.05, 0) is 11.0 Å². The number of phosphoric acid groups is 1. The van der Waals surface area contributed by atoms with Crippen LogP contribution >= 0.6 is 7.82 Å². The molecule has 0 aromatic rings. The van der Waals surface area contributed by atoms with E-state index in [1.54, 1.807) is 0 Å². The molecule has 0 fully saturated rings. The molecule has 4 nitrogen and oxygen atoms in total. The molecule has 0 radical (unpaired) electrons. The van der Waals surface area contributed by atoms with E-state index in [4.69, 9.17) is 19.2 Å². The van der Waals surface area contributed by atoms with Gasteiger partial charge in [0.2, 0.25) is 0 Å². The van der Waals surface area contributed by atoms with E-state index in [-0.39, 0.29) is 49.3 Å². The van der Waals surface area contributed by atoms with Gasteiger partial charge < -0.3 is 14.7 Å². The van der Waals surface area contributed by atoms with E-state index in [1.807, 2.05) is 0 Å². The van der Waals surface area contributed by atoms with Crippen molar-refractivity contribution in [3.63, 3.8) is 0 Å². The first-order valence-electron chi connectivity index (χ1n) is 0.783. The Morgan fingerprint density at radius 1 is 1.12 bits per heavy atom. The summed E-state index contributed by atoms with van der Waals surface area (Å²) in [5.74, 6) is 0. The fourth-order valence-corrected chi connectivity index (χ4v) is 0. The molecule has 0 heterocycles. The van der Waals surface area contributed by atoms with Crippen LogP contribution in [0.3, 0.4) is 0 Å². The van der Waals surface area contributed by atoms with Crippen LogP contribution in [0.2, 0.25) is 0 Å². The fraction of sp³-hybridized carbons (Fsp3) is 0. The third-order valence-corrected chi connectivity index (χ3v) is 0. The zero-order chi connectivity index (χ0) is 4.50. The van der Waals surface area contributed by atoms with Gasteiger partial charge in [0.15, 0.2) is 0 Å². The Morgan fingerprint density at radius 2 is 1.12 bits per heavy atom. The van der Waals surface area contributed by atoms with Crippen LogP contribution in [0, 0.1) is 0 Å². The number of hydrogen-bond acceptors (Lipinski definition) is 1. The van der Waals surface area contributed by atoms with Crippen molar-refractivity contribution in [2.24, 2.45) is 0 Å². The van der Waals surface area contributed by atoms with Crippen LogP contribution in [0.15, 0.2) is 0 Å². The molecule has 0 bridgehead atoms. The van der Waals surface area contributed by atoms with Gasteiger partial charge in [-0.1, -0.05) is 0 Å². The van der Waals surface area contributed by atoms with Crippen molar-refractivity contribution in [1.82, 2.24) is 0 Å². The van der Waals surface area contributed by atoms with Crippen molar-refractivity contribution in [2.45, 2.75) is 0 Å². The third-order valence-electron chi connectivity index (χ3n) is 0. The van der Waals surface area contributed by atoms with E-state index >= 15 is 0 Å². The van der Waals surface area contributed by atoms with Crippen LogP contribution in [0.4, 0.5) is 0 Å². The molecule has 0 aliphatic rings. The van der Waals surface area contributed by atoms with Crippen LogP contribution < -0.4 is 0 Å². The molecule has 0 atom stereocenters. The first-order chi connectivity index (χ1) is 2.00. The summed E-state index contributed by atoms with van der Waals surface area (Å²) in [7, 11) is -4.64. The minimum absolute atomic E-state index is 0. The SMILES string of the molecule is O=P(O)(O)O.[LiH].[SiH4].[Zn]. The van der Waals surface area contributed by atoms with Crippen molar-refractivity contribution < 1.29 is 38.7 Å². The average Bonchev–Trinajstić information content (AvgIpc) is 0.722. The Kier molecular flexibility index (Phi) is 24.2. The van der Waals surface area contributed by atoms with Crippen molar-refractivity contribution in [3.05, 3.63) is 0 Å². The Balaban J connectivity index is -0.0000000267. The standard InChI is InChI=1S/Li.H3O4P.H4Si.Zn.H/c;1-5(2,3)4;;;/h;(H3,1,2,3,4);1H4;;. The molecule has 0 aliphatic carbocycles. The third kappa shape index (κ3) is 135. The van der Waals surface area contributed by atoms with E-state index in [0.717, 1.165) is 0 Å². The van der Waals surface area contributed by atoms with Crippen molar-refractivity contribution in [3.8, 4) is 0 Å². The van der Waals surface area contributed by atoms with E-state index in [9.17, 15) is 0 Å². The van der Waals surface area contributed by atoms with Crippen LogP contribution in [0.5, 0.6) is 0 Å². The van der Waals surface area contributed by atoms with E-state index < -0.39 is 7.82 Å². The van der Waals surface area contributed by atoms with Crippen LogP contribution in [0.25, 0.3) is 0 Å². The maximum atomic E-state index is 8.88. The molecule has 44 valence electrons. The molecular weight excluding hydrogens is 195 g/mol. The molecule has 0 spiro atoms. The van der Waals surface area contributed by atoms with Gasteiger partial charge in [-0.3, -0.25) is 0 Å². The van der Waals surface area contributed by atoms with Crippen molar-refractivity contribution >= 4 is 37.6 Å². The first kappa shape index (κ1) is 22.7. The van der Waals surface area contributed by atoms with Crippen LogP contribution in [0.1, 0.15) is 0 Å². The van der Waals surface area contributed by atoms with Gasteiger partial charge in [0.25, 0.3) is 0 Å². The summed E-state index contributed by atoms with van der Waals surface area (Å²) in [6, 6.07) is 0. The Hall–Kier alpha value is 1.55. The molecule has 0 unspecified atom stereocenters. The van der Waals surface area contributed by atoms with Crippen LogP contribution in [-0.4, -0.2) is 44.5 Å². The minimum Gasteiger partial charge on any atom is -0.0149 e. The zero-order valence-electron chi connectivity index (χ0n) is 2.90. The van der Waals surface area contributed by atoms with Gasteiger partial charge in [0.05, 0.1) is 0 Å². The molecule has 0 saturated heterocycles. The Morgan fingerprint density at radius 3 is 1.12 bits per heavy atom. The molecule has 0 saturated carbocycles. The largest absolute Gasteiger partial charge is 0.0149 e. The van der Waals surface area contributed by atoms with Gasteiger partial charge in [-0.25, -0.2) is 4.57 Å². The second kappa shape index (κ2) is 8.55. The molecule has 3 N–H and O–H groups in total. The Labute approximate surface area is 76.3 Å². The van der Waals surface area contributed by atoms with Crippen molar-refractivity contribution in [1.29, 1.82) is 0 Å². The van der Waals surface area contributed by atoms with E-state index in [2.05, 4.69) is 0 Å². The maximum absolute atomic E-state index is 8.88. The predicted octanol–water partition coefficient (Wildman–Crippen LogP) is -3.03. The van der Waals surface area contributed by atoms with Gasteiger partial charge in [-0.2, -0.15) is 0 Å². The normalized spacial score (nSPS) is 7.38. The second-order valence-corrected chi connectivity index (χ2v) is 1.54. The maximum Gasteiger partial charge on any atom is 0 e. The molecule has 0 rings (SSSR count). The number of hydrogen-bond donors (Lipinski definition) is 3. The summed E-state index contributed by atoms with van der Waals surface area (Å²) in [5, 5.41) is 0. The summed E-state index contributed by atoms with van der Waals surface area (Å²) in [6.07, 6.45) is 0. The summed E-state index contributed by atoms with van der Waals surface area (Å²) in [6.45, 7) is 0. The molecule has 0 aliphatic heterocycles. The molecular formula is H8LiO4PSiZn. The zero-order valence-corrected chi connectivity index (χ0v) is 6.77. The van der Waals surface area contributed by atoms with E-state index in [0.29, 0.717) is 0 Å². The second-order valence-electron chi connectivity index (χ2n) is 0.513. The molecule has 8 heavy (non-hydrogen) atoms. The molecule has 0 amide bonds. The molecule has 0 aromatic carbocycles. The van der Waals surface area contributed by atoms with Gasteiger partial charge in [-0.15, -0.1) is 0 Å². The predicted molar refractivity (Wildman–Crippen MR) is 32.7 cm³/mol. The number of rotatable bonds is 0. The summed E-state index contributed by atoms with van der Waals surface area (Å²) >= 11 is 0. The average molecular weight is 203 g/mol. The quantitative estimate of drug-likeness (QED) is 0.289. The smallest absolute Gasteiger partial charge is 0 e. The van der Waals surface area contributed by atoms with Gasteiger partial charge in [0.1, 0.15) is 0 Å². The Bertz CT molecular complexity index is 62.2. The summed E-state index contributed by atoms with van der Waals surface area (Å²) < 4.78 is 8.88. The van der Waals surface area contributed by atoms with Gasteiger partial charge in [0, 0.05) is 19.5 Å². The fourth-order valence-electron chi connectivity index (χ4n) is 0. The monoisotopic (exact) mass is 202 g/mol. The summed E-state index contributed by atoms with van der Waals surface area (Å²) in [4.78, 5) is 21.6. The van der Waals surface area contributed by atoms with Crippen LogP contribution in [-0.2, 0) is 24.0 Å². The van der Waals surface area contributed by atoms with Crippen molar-refractivity contribution in [2.75, 3.05) is 0 Å². The van der Waals surface area contributed by atoms with E-state index in [1.165, 1.54) is 0 Å². The molecule has 8 heteroatoms. The topological polar surface area (TPSA) is 77.8 Å². The van der Waals surface area contributed by atoms with Gasteiger partial charge >= 0.3 is 26.7 Å².